The van der Waals surface area contributed by atoms with E-state index in [2.05, 4.69) is 26.2 Å². The topological polar surface area (TPSA) is 60.5 Å². The van der Waals surface area contributed by atoms with Gasteiger partial charge in [-0.2, -0.15) is 0 Å². The first kappa shape index (κ1) is 14.6. The lowest BCUT2D eigenvalue weighted by molar-refractivity contribution is -0.122. The van der Waals surface area contributed by atoms with Crippen molar-refractivity contribution in [1.82, 2.24) is 10.3 Å². The second kappa shape index (κ2) is 6.56. The van der Waals surface area contributed by atoms with Gasteiger partial charge in [-0.05, 0) is 41.1 Å². The van der Waals surface area contributed by atoms with Crippen LogP contribution in [0.15, 0.2) is 28.9 Å². The van der Waals surface area contributed by atoms with Gasteiger partial charge in [0, 0.05) is 18.1 Å². The summed E-state index contributed by atoms with van der Waals surface area (Å²) in [5.74, 6) is 1.13. The number of pyridine rings is 1. The van der Waals surface area contributed by atoms with E-state index < -0.39 is 0 Å². The second-order valence-electron chi connectivity index (χ2n) is 4.06. The highest BCUT2D eigenvalue weighted by atomic mass is 79.9. The fraction of sp³-hybridized carbons (Fsp3) is 0.286. The maximum Gasteiger partial charge on any atom is 0.257 e. The summed E-state index contributed by atoms with van der Waals surface area (Å²) >= 11 is 3.39. The summed E-state index contributed by atoms with van der Waals surface area (Å²) < 4.78 is 11.5. The van der Waals surface area contributed by atoms with Gasteiger partial charge in [0.1, 0.15) is 11.5 Å². The van der Waals surface area contributed by atoms with Crippen molar-refractivity contribution in [3.05, 3.63) is 28.9 Å². The van der Waals surface area contributed by atoms with Crippen LogP contribution in [0.25, 0.3) is 10.9 Å². The minimum atomic E-state index is -0.160. The molecule has 2 rings (SSSR count). The van der Waals surface area contributed by atoms with Gasteiger partial charge >= 0.3 is 0 Å². The first-order valence-corrected chi connectivity index (χ1v) is 6.96. The quantitative estimate of drug-likeness (QED) is 0.909. The molecule has 0 aliphatic carbocycles. The van der Waals surface area contributed by atoms with Crippen LogP contribution in [0, 0.1) is 0 Å². The Labute approximate surface area is 125 Å². The molecule has 0 radical (unpaired) electrons. The molecule has 2 aromatic rings. The number of aromatic nitrogens is 1. The molecule has 0 aliphatic rings. The van der Waals surface area contributed by atoms with Gasteiger partial charge in [0.25, 0.3) is 5.91 Å². The Hall–Kier alpha value is -1.82. The van der Waals surface area contributed by atoms with Crippen molar-refractivity contribution in [3.8, 4) is 11.5 Å². The summed E-state index contributed by atoms with van der Waals surface area (Å²) in [6, 6.07) is 5.51. The number of halogens is 1. The predicted octanol–water partition coefficient (Wildman–Crippen LogP) is 2.52. The minimum Gasteiger partial charge on any atom is -0.497 e. The van der Waals surface area contributed by atoms with E-state index in [0.29, 0.717) is 22.5 Å². The largest absolute Gasteiger partial charge is 0.497 e. The van der Waals surface area contributed by atoms with Gasteiger partial charge in [-0.15, -0.1) is 0 Å². The number of hydrogen-bond acceptors (Lipinski definition) is 4. The molecular weight excluding hydrogens is 324 g/mol. The van der Waals surface area contributed by atoms with Crippen LogP contribution in [0.3, 0.4) is 0 Å². The van der Waals surface area contributed by atoms with Crippen LogP contribution in [0.2, 0.25) is 0 Å². The van der Waals surface area contributed by atoms with Gasteiger partial charge in [0.15, 0.2) is 6.61 Å². The Morgan fingerprint density at radius 1 is 1.45 bits per heavy atom. The number of carbonyl (C=O) groups excluding carboxylic acids is 1. The zero-order valence-electron chi connectivity index (χ0n) is 11.3. The van der Waals surface area contributed by atoms with E-state index in [4.69, 9.17) is 9.47 Å². The third-order valence-electron chi connectivity index (χ3n) is 2.70. The number of hydrogen-bond donors (Lipinski definition) is 1. The molecule has 0 saturated carbocycles. The summed E-state index contributed by atoms with van der Waals surface area (Å²) in [6.07, 6.45) is 1.65. The maximum absolute atomic E-state index is 11.5. The predicted molar refractivity (Wildman–Crippen MR) is 80.2 cm³/mol. The van der Waals surface area contributed by atoms with Gasteiger partial charge in [-0.3, -0.25) is 9.78 Å². The molecule has 6 heteroatoms. The lowest BCUT2D eigenvalue weighted by atomic mass is 10.2. The van der Waals surface area contributed by atoms with E-state index in [0.717, 1.165) is 10.9 Å². The summed E-state index contributed by atoms with van der Waals surface area (Å²) in [5.41, 5.74) is 0.778. The molecule has 0 fully saturated rings. The van der Waals surface area contributed by atoms with Crippen molar-refractivity contribution in [2.45, 2.75) is 6.92 Å². The van der Waals surface area contributed by atoms with E-state index in [1.807, 2.05) is 25.1 Å². The number of amides is 1. The Morgan fingerprint density at radius 3 is 2.95 bits per heavy atom. The molecule has 0 spiro atoms. The number of nitrogens with one attached hydrogen (secondary N) is 1. The number of rotatable bonds is 5. The van der Waals surface area contributed by atoms with Crippen molar-refractivity contribution < 1.29 is 14.3 Å². The Kier molecular flexibility index (Phi) is 4.79. The SMILES string of the molecule is CCNC(=O)COc1c(Br)cnc2ccc(OC)cc12. The number of methoxy groups -OCH3 is 1. The highest BCUT2D eigenvalue weighted by Crippen LogP contribution is 2.34. The van der Waals surface area contributed by atoms with Crippen LogP contribution in [-0.4, -0.2) is 31.2 Å². The molecule has 1 aromatic heterocycles. The number of carbonyl (C=O) groups is 1. The van der Waals surface area contributed by atoms with Gasteiger partial charge in [0.05, 0.1) is 17.1 Å². The third-order valence-corrected chi connectivity index (χ3v) is 3.27. The molecule has 0 saturated heterocycles. The normalized spacial score (nSPS) is 10.3. The Morgan fingerprint density at radius 2 is 2.25 bits per heavy atom. The fourth-order valence-corrected chi connectivity index (χ4v) is 2.21. The third kappa shape index (κ3) is 3.19. The molecular formula is C14H15BrN2O3. The van der Waals surface area contributed by atoms with Crippen molar-refractivity contribution in [2.24, 2.45) is 0 Å². The van der Waals surface area contributed by atoms with Gasteiger partial charge in [0.2, 0.25) is 0 Å². The van der Waals surface area contributed by atoms with Gasteiger partial charge in [-0.25, -0.2) is 0 Å². The van der Waals surface area contributed by atoms with Crippen molar-refractivity contribution >= 4 is 32.7 Å². The van der Waals surface area contributed by atoms with E-state index in [9.17, 15) is 4.79 Å². The average Bonchev–Trinajstić information content (AvgIpc) is 2.46. The van der Waals surface area contributed by atoms with Gasteiger partial charge in [-0.1, -0.05) is 0 Å². The molecule has 20 heavy (non-hydrogen) atoms. The Bertz CT molecular complexity index is 631. The summed E-state index contributed by atoms with van der Waals surface area (Å²) in [4.78, 5) is 15.8. The first-order valence-electron chi connectivity index (χ1n) is 6.17. The lowest BCUT2D eigenvalue weighted by Gasteiger charge is -2.11. The molecule has 1 N–H and O–H groups in total. The van der Waals surface area contributed by atoms with Crippen molar-refractivity contribution in [2.75, 3.05) is 20.3 Å². The van der Waals surface area contributed by atoms with Crippen LogP contribution < -0.4 is 14.8 Å². The maximum atomic E-state index is 11.5. The smallest absolute Gasteiger partial charge is 0.257 e. The summed E-state index contributed by atoms with van der Waals surface area (Å²) in [5, 5.41) is 3.48. The first-order chi connectivity index (χ1) is 9.65. The van der Waals surface area contributed by atoms with Crippen LogP contribution in [0.4, 0.5) is 0 Å². The van der Waals surface area contributed by atoms with Crippen LogP contribution in [0.1, 0.15) is 6.92 Å². The van der Waals surface area contributed by atoms with E-state index in [1.165, 1.54) is 0 Å². The van der Waals surface area contributed by atoms with Crippen LogP contribution in [-0.2, 0) is 4.79 Å². The Balaban J connectivity index is 2.34. The van der Waals surface area contributed by atoms with Gasteiger partial charge < -0.3 is 14.8 Å². The monoisotopic (exact) mass is 338 g/mol. The number of benzene rings is 1. The molecule has 0 atom stereocenters. The molecule has 1 heterocycles. The number of likely N-dealkylation sites (N-methyl/N-ethyl adjacent to an activating group) is 1. The highest BCUT2D eigenvalue weighted by molar-refractivity contribution is 9.10. The highest BCUT2D eigenvalue weighted by Gasteiger charge is 2.11. The van der Waals surface area contributed by atoms with Crippen molar-refractivity contribution in [3.63, 3.8) is 0 Å². The number of nitrogens with zero attached hydrogens (tertiary/aromatic N) is 1. The number of ether oxygens (including phenoxy) is 2. The van der Waals surface area contributed by atoms with E-state index >= 15 is 0 Å². The second-order valence-corrected chi connectivity index (χ2v) is 4.91. The lowest BCUT2D eigenvalue weighted by Crippen LogP contribution is -2.28. The average molecular weight is 339 g/mol. The standard InChI is InChI=1S/C14H15BrN2O3/c1-3-16-13(18)8-20-14-10-6-9(19-2)4-5-12(10)17-7-11(14)15/h4-7H,3,8H2,1-2H3,(H,16,18). The molecule has 0 bridgehead atoms. The zero-order chi connectivity index (χ0) is 14.5. The zero-order valence-corrected chi connectivity index (χ0v) is 12.9. The molecule has 106 valence electrons. The summed E-state index contributed by atoms with van der Waals surface area (Å²) in [7, 11) is 1.60. The van der Waals surface area contributed by atoms with E-state index in [1.54, 1.807) is 13.3 Å². The van der Waals surface area contributed by atoms with Crippen molar-refractivity contribution in [1.29, 1.82) is 0 Å². The fourth-order valence-electron chi connectivity index (χ4n) is 1.78. The number of fused-ring (bicyclic) bond motifs is 1. The molecule has 0 unspecified atom stereocenters. The molecule has 5 nitrogen and oxygen atoms in total. The molecule has 1 aromatic carbocycles. The van der Waals surface area contributed by atoms with Crippen LogP contribution >= 0.6 is 15.9 Å². The molecule has 1 amide bonds. The minimum absolute atomic E-state index is 0.0389. The van der Waals surface area contributed by atoms with E-state index in [-0.39, 0.29) is 12.5 Å². The van der Waals surface area contributed by atoms with Crippen LogP contribution in [0.5, 0.6) is 11.5 Å². The summed E-state index contributed by atoms with van der Waals surface area (Å²) in [6.45, 7) is 2.40. The molecule has 0 aliphatic heterocycles.